The molecular formula is C10H14BrNO4S2. The second kappa shape index (κ2) is 5.28. The second-order valence-corrected chi connectivity index (χ2v) is 9.22. The van der Waals surface area contributed by atoms with E-state index in [9.17, 15) is 13.2 Å². The van der Waals surface area contributed by atoms with Gasteiger partial charge in [0.15, 0.2) is 0 Å². The number of hydrogen-bond acceptors (Lipinski definition) is 4. The van der Waals surface area contributed by atoms with Crippen molar-refractivity contribution in [3.63, 3.8) is 0 Å². The van der Waals surface area contributed by atoms with Crippen LogP contribution in [0.15, 0.2) is 20.1 Å². The zero-order chi connectivity index (χ0) is 14.1. The Balaban J connectivity index is 3.05. The van der Waals surface area contributed by atoms with Gasteiger partial charge in [0.25, 0.3) is 10.0 Å². The van der Waals surface area contributed by atoms with Crippen LogP contribution >= 0.6 is 27.3 Å². The zero-order valence-corrected chi connectivity index (χ0v) is 13.3. The molecule has 0 radical (unpaired) electrons. The van der Waals surface area contributed by atoms with Gasteiger partial charge in [-0.25, -0.2) is 8.42 Å². The Morgan fingerprint density at radius 3 is 2.33 bits per heavy atom. The lowest BCUT2D eigenvalue weighted by Gasteiger charge is -2.27. The number of carbonyl (C=O) groups is 1. The van der Waals surface area contributed by atoms with Crippen LogP contribution < -0.4 is 4.72 Å². The largest absolute Gasteiger partial charge is 0.480 e. The molecule has 1 aromatic heterocycles. The van der Waals surface area contributed by atoms with E-state index in [4.69, 9.17) is 5.11 Å². The highest BCUT2D eigenvalue weighted by Crippen LogP contribution is 2.27. The number of halogens is 1. The summed E-state index contributed by atoms with van der Waals surface area (Å²) < 4.78 is 27.0. The van der Waals surface area contributed by atoms with E-state index in [0.29, 0.717) is 3.79 Å². The standard InChI is InChI=1S/C10H14BrNO4S2/c1-10(2,3)8(9(13)14)12-18(15,16)7-5-4-6(11)17-7/h4-5,8,12H,1-3H3,(H,13,14). The number of carboxylic acids is 1. The highest BCUT2D eigenvalue weighted by atomic mass is 79.9. The highest BCUT2D eigenvalue weighted by Gasteiger charge is 2.35. The second-order valence-electron chi connectivity index (χ2n) is 4.82. The van der Waals surface area contributed by atoms with E-state index in [-0.39, 0.29) is 4.21 Å². The lowest BCUT2D eigenvalue weighted by molar-refractivity contribution is -0.141. The van der Waals surface area contributed by atoms with Crippen molar-refractivity contribution in [2.45, 2.75) is 31.0 Å². The van der Waals surface area contributed by atoms with Crippen molar-refractivity contribution < 1.29 is 18.3 Å². The van der Waals surface area contributed by atoms with Crippen LogP contribution in [0.4, 0.5) is 0 Å². The summed E-state index contributed by atoms with van der Waals surface area (Å²) in [7, 11) is -3.81. The van der Waals surface area contributed by atoms with Crippen molar-refractivity contribution in [1.29, 1.82) is 0 Å². The SMILES string of the molecule is CC(C)(C)C(NS(=O)(=O)c1ccc(Br)s1)C(=O)O. The first-order valence-electron chi connectivity index (χ1n) is 5.04. The summed E-state index contributed by atoms with van der Waals surface area (Å²) in [6.07, 6.45) is 0. The molecule has 2 N–H and O–H groups in total. The summed E-state index contributed by atoms with van der Waals surface area (Å²) in [5.41, 5.74) is -0.715. The average molecular weight is 356 g/mol. The van der Waals surface area contributed by atoms with Gasteiger partial charge in [-0.05, 0) is 33.5 Å². The summed E-state index contributed by atoms with van der Waals surface area (Å²) in [6, 6.07) is 1.86. The Bertz CT molecular complexity index is 544. The Hall–Kier alpha value is -0.440. The predicted molar refractivity (Wildman–Crippen MR) is 73.2 cm³/mol. The van der Waals surface area contributed by atoms with Gasteiger partial charge >= 0.3 is 5.97 Å². The summed E-state index contributed by atoms with van der Waals surface area (Å²) in [6.45, 7) is 5.00. The van der Waals surface area contributed by atoms with E-state index in [1.54, 1.807) is 26.8 Å². The fourth-order valence-electron chi connectivity index (χ4n) is 1.25. The minimum Gasteiger partial charge on any atom is -0.480 e. The Morgan fingerprint density at radius 1 is 1.44 bits per heavy atom. The molecule has 102 valence electrons. The molecule has 0 aliphatic heterocycles. The number of nitrogens with one attached hydrogen (secondary N) is 1. The van der Waals surface area contributed by atoms with Gasteiger partial charge in [0.2, 0.25) is 0 Å². The average Bonchev–Trinajstić information content (AvgIpc) is 2.60. The zero-order valence-electron chi connectivity index (χ0n) is 10.1. The summed E-state index contributed by atoms with van der Waals surface area (Å²) >= 11 is 4.20. The van der Waals surface area contributed by atoms with Gasteiger partial charge in [-0.1, -0.05) is 20.8 Å². The Kier molecular flexibility index (Phi) is 4.58. The van der Waals surface area contributed by atoms with Crippen LogP contribution in [0.25, 0.3) is 0 Å². The van der Waals surface area contributed by atoms with Gasteiger partial charge < -0.3 is 5.11 Å². The van der Waals surface area contributed by atoms with Crippen molar-refractivity contribution in [3.8, 4) is 0 Å². The first-order valence-corrected chi connectivity index (χ1v) is 8.14. The molecule has 8 heteroatoms. The normalized spacial score (nSPS) is 14.4. The maximum absolute atomic E-state index is 12.0. The Labute approximate surface area is 118 Å². The number of carboxylic acid groups (broad SMARTS) is 1. The van der Waals surface area contributed by atoms with Crippen LogP contribution in [-0.2, 0) is 14.8 Å². The maximum Gasteiger partial charge on any atom is 0.322 e. The monoisotopic (exact) mass is 355 g/mol. The van der Waals surface area contributed by atoms with Crippen molar-refractivity contribution in [3.05, 3.63) is 15.9 Å². The third kappa shape index (κ3) is 3.78. The fraction of sp³-hybridized carbons (Fsp3) is 0.500. The molecule has 0 aliphatic rings. The van der Waals surface area contributed by atoms with E-state index in [0.717, 1.165) is 11.3 Å². The van der Waals surface area contributed by atoms with Gasteiger partial charge in [-0.15, -0.1) is 11.3 Å². The number of hydrogen-bond donors (Lipinski definition) is 2. The van der Waals surface area contributed by atoms with Gasteiger partial charge in [-0.3, -0.25) is 4.79 Å². The molecule has 1 atom stereocenters. The van der Waals surface area contributed by atoms with Crippen molar-refractivity contribution in [2.24, 2.45) is 5.41 Å². The molecule has 1 rings (SSSR count). The van der Waals surface area contributed by atoms with Gasteiger partial charge in [0.1, 0.15) is 10.3 Å². The van der Waals surface area contributed by atoms with Crippen LogP contribution in [0.2, 0.25) is 0 Å². The smallest absolute Gasteiger partial charge is 0.322 e. The van der Waals surface area contributed by atoms with Crippen molar-refractivity contribution >= 4 is 43.3 Å². The molecule has 0 aliphatic carbocycles. The van der Waals surface area contributed by atoms with Crippen LogP contribution in [0.5, 0.6) is 0 Å². The van der Waals surface area contributed by atoms with Gasteiger partial charge in [0.05, 0.1) is 3.79 Å². The van der Waals surface area contributed by atoms with Crippen LogP contribution in [0, 0.1) is 5.41 Å². The predicted octanol–water partition coefficient (Wildman–Crippen LogP) is 2.29. The first kappa shape index (κ1) is 15.6. The van der Waals surface area contributed by atoms with E-state index in [1.165, 1.54) is 6.07 Å². The molecule has 0 saturated carbocycles. The molecule has 5 nitrogen and oxygen atoms in total. The molecule has 0 fully saturated rings. The lowest BCUT2D eigenvalue weighted by atomic mass is 9.88. The molecule has 1 heterocycles. The fourth-order valence-corrected chi connectivity index (χ4v) is 4.67. The van der Waals surface area contributed by atoms with E-state index in [1.807, 2.05) is 0 Å². The molecule has 0 aromatic carbocycles. The molecule has 0 saturated heterocycles. The molecular weight excluding hydrogens is 342 g/mol. The Morgan fingerprint density at radius 2 is 2.00 bits per heavy atom. The molecule has 0 amide bonds. The number of thiophene rings is 1. The van der Waals surface area contributed by atoms with Gasteiger partial charge in [-0.2, -0.15) is 4.72 Å². The summed E-state index contributed by atoms with van der Waals surface area (Å²) in [4.78, 5) is 11.1. The quantitative estimate of drug-likeness (QED) is 0.867. The van der Waals surface area contributed by atoms with Crippen molar-refractivity contribution in [2.75, 3.05) is 0 Å². The molecule has 18 heavy (non-hydrogen) atoms. The van der Waals surface area contributed by atoms with Crippen LogP contribution in [-0.4, -0.2) is 25.5 Å². The van der Waals surface area contributed by atoms with Gasteiger partial charge in [0, 0.05) is 0 Å². The molecule has 1 unspecified atom stereocenters. The maximum atomic E-state index is 12.0. The third-order valence-electron chi connectivity index (χ3n) is 2.20. The molecule has 1 aromatic rings. The summed E-state index contributed by atoms with van der Waals surface area (Å²) in [5.74, 6) is -1.19. The number of rotatable bonds is 4. The van der Waals surface area contributed by atoms with Crippen LogP contribution in [0.1, 0.15) is 20.8 Å². The minimum absolute atomic E-state index is 0.0878. The van der Waals surface area contributed by atoms with E-state index >= 15 is 0 Å². The van der Waals surface area contributed by atoms with E-state index in [2.05, 4.69) is 20.7 Å². The van der Waals surface area contributed by atoms with E-state index < -0.39 is 27.4 Å². The number of sulfonamides is 1. The topological polar surface area (TPSA) is 83.5 Å². The molecule has 0 spiro atoms. The third-order valence-corrected chi connectivity index (χ3v) is 5.74. The molecule has 0 bridgehead atoms. The lowest BCUT2D eigenvalue weighted by Crippen LogP contribution is -2.48. The first-order chi connectivity index (χ1) is 8.04. The highest BCUT2D eigenvalue weighted by molar-refractivity contribution is 9.11. The minimum atomic E-state index is -3.81. The van der Waals surface area contributed by atoms with Crippen LogP contribution in [0.3, 0.4) is 0 Å². The summed E-state index contributed by atoms with van der Waals surface area (Å²) in [5, 5.41) is 9.09. The van der Waals surface area contributed by atoms with Crippen molar-refractivity contribution in [1.82, 2.24) is 4.72 Å². The number of aliphatic carboxylic acids is 1.